The van der Waals surface area contributed by atoms with Gasteiger partial charge in [-0.05, 0) is 54.5 Å². The number of hydrogen-bond donors (Lipinski definition) is 1. The SMILES string of the molecule is COc1ccc(CCN2CNC(=S)N(c3cccc(C(F)(F)F)c3)C2)cc1OC. The highest BCUT2D eigenvalue weighted by molar-refractivity contribution is 7.80. The molecule has 0 radical (unpaired) electrons. The summed E-state index contributed by atoms with van der Waals surface area (Å²) in [5.74, 6) is 1.32. The Morgan fingerprint density at radius 3 is 2.52 bits per heavy atom. The summed E-state index contributed by atoms with van der Waals surface area (Å²) >= 11 is 5.31. The standard InChI is InChI=1S/C20H22F3N3O2S/c1-27-17-7-6-14(10-18(17)28-2)8-9-25-12-24-19(29)26(13-25)16-5-3-4-15(11-16)20(21,22)23/h3-7,10-11H,8-9,12-13H2,1-2H3,(H,24,29). The zero-order valence-corrected chi connectivity index (χ0v) is 16.9. The number of alkyl halides is 3. The van der Waals surface area contributed by atoms with Crippen molar-refractivity contribution in [1.82, 2.24) is 10.2 Å². The maximum absolute atomic E-state index is 13.0. The number of hydrogen-bond acceptors (Lipinski definition) is 4. The highest BCUT2D eigenvalue weighted by Gasteiger charge is 2.31. The molecule has 1 N–H and O–H groups in total. The molecule has 1 saturated heterocycles. The molecule has 2 aromatic carbocycles. The van der Waals surface area contributed by atoms with Gasteiger partial charge in [0.25, 0.3) is 0 Å². The van der Waals surface area contributed by atoms with Gasteiger partial charge in [0.1, 0.15) is 0 Å². The van der Waals surface area contributed by atoms with E-state index in [1.807, 2.05) is 18.2 Å². The summed E-state index contributed by atoms with van der Waals surface area (Å²) in [7, 11) is 3.17. The average molecular weight is 425 g/mol. The predicted molar refractivity (Wildman–Crippen MR) is 109 cm³/mol. The van der Waals surface area contributed by atoms with Gasteiger partial charge in [-0.25, -0.2) is 0 Å². The molecule has 0 bridgehead atoms. The second kappa shape index (κ2) is 8.87. The number of methoxy groups -OCH3 is 2. The fourth-order valence-electron chi connectivity index (χ4n) is 3.11. The topological polar surface area (TPSA) is 37.0 Å². The quantitative estimate of drug-likeness (QED) is 0.708. The number of halogens is 3. The van der Waals surface area contributed by atoms with Crippen LogP contribution in [-0.2, 0) is 12.6 Å². The molecule has 0 saturated carbocycles. The van der Waals surface area contributed by atoms with Crippen molar-refractivity contribution in [2.24, 2.45) is 0 Å². The molecule has 5 nitrogen and oxygen atoms in total. The average Bonchev–Trinajstić information content (AvgIpc) is 2.72. The lowest BCUT2D eigenvalue weighted by Gasteiger charge is -2.38. The van der Waals surface area contributed by atoms with E-state index in [1.54, 1.807) is 25.2 Å². The van der Waals surface area contributed by atoms with E-state index in [-0.39, 0.29) is 0 Å². The van der Waals surface area contributed by atoms with Crippen molar-refractivity contribution in [1.29, 1.82) is 0 Å². The van der Waals surface area contributed by atoms with E-state index >= 15 is 0 Å². The van der Waals surface area contributed by atoms with Crippen LogP contribution >= 0.6 is 12.2 Å². The van der Waals surface area contributed by atoms with Crippen LogP contribution < -0.4 is 19.7 Å². The molecule has 0 amide bonds. The number of anilines is 1. The first-order valence-electron chi connectivity index (χ1n) is 8.97. The Morgan fingerprint density at radius 2 is 1.83 bits per heavy atom. The summed E-state index contributed by atoms with van der Waals surface area (Å²) < 4.78 is 49.7. The molecule has 1 aliphatic heterocycles. The Morgan fingerprint density at radius 1 is 1.07 bits per heavy atom. The molecular weight excluding hydrogens is 403 g/mol. The minimum Gasteiger partial charge on any atom is -0.493 e. The smallest absolute Gasteiger partial charge is 0.416 e. The molecule has 0 spiro atoms. The normalized spacial score (nSPS) is 15.2. The molecule has 2 aromatic rings. The Hall–Kier alpha value is -2.52. The minimum absolute atomic E-state index is 0.403. The van der Waals surface area contributed by atoms with Crippen molar-refractivity contribution in [2.45, 2.75) is 12.6 Å². The molecule has 1 fully saturated rings. The van der Waals surface area contributed by atoms with Gasteiger partial charge >= 0.3 is 6.18 Å². The maximum Gasteiger partial charge on any atom is 0.416 e. The highest BCUT2D eigenvalue weighted by atomic mass is 32.1. The first-order chi connectivity index (χ1) is 13.8. The van der Waals surface area contributed by atoms with E-state index in [4.69, 9.17) is 21.7 Å². The zero-order valence-electron chi connectivity index (χ0n) is 16.1. The van der Waals surface area contributed by atoms with Crippen LogP contribution in [-0.4, -0.2) is 44.1 Å². The van der Waals surface area contributed by atoms with Crippen molar-refractivity contribution in [3.63, 3.8) is 0 Å². The van der Waals surface area contributed by atoms with Gasteiger partial charge in [0, 0.05) is 12.2 Å². The van der Waals surface area contributed by atoms with Crippen LogP contribution in [0, 0.1) is 0 Å². The third-order valence-corrected chi connectivity index (χ3v) is 5.05. The lowest BCUT2D eigenvalue weighted by molar-refractivity contribution is -0.137. The number of nitrogens with zero attached hydrogens (tertiary/aromatic N) is 2. The van der Waals surface area contributed by atoms with Gasteiger partial charge in [0.2, 0.25) is 0 Å². The van der Waals surface area contributed by atoms with Gasteiger partial charge in [0.05, 0.1) is 33.1 Å². The molecule has 0 aliphatic carbocycles. The van der Waals surface area contributed by atoms with Gasteiger partial charge < -0.3 is 19.7 Å². The Kier molecular flexibility index (Phi) is 6.49. The molecule has 3 rings (SSSR count). The lowest BCUT2D eigenvalue weighted by Crippen LogP contribution is -2.56. The van der Waals surface area contributed by atoms with Gasteiger partial charge in [-0.2, -0.15) is 13.2 Å². The monoisotopic (exact) mass is 425 g/mol. The Bertz CT molecular complexity index is 876. The lowest BCUT2D eigenvalue weighted by atomic mass is 10.1. The van der Waals surface area contributed by atoms with Gasteiger partial charge in [-0.3, -0.25) is 4.90 Å². The maximum atomic E-state index is 13.0. The number of thiocarbonyl (C=S) groups is 1. The summed E-state index contributed by atoms with van der Waals surface area (Å²) in [5, 5.41) is 3.48. The third-order valence-electron chi connectivity index (χ3n) is 4.69. The zero-order chi connectivity index (χ0) is 21.0. The van der Waals surface area contributed by atoms with Crippen molar-refractivity contribution in [3.05, 3.63) is 53.6 Å². The van der Waals surface area contributed by atoms with Crippen LogP contribution in [0.3, 0.4) is 0 Å². The molecule has 1 heterocycles. The molecule has 29 heavy (non-hydrogen) atoms. The highest BCUT2D eigenvalue weighted by Crippen LogP contribution is 2.32. The van der Waals surface area contributed by atoms with Crippen molar-refractivity contribution < 1.29 is 22.6 Å². The fraction of sp³-hybridized carbons (Fsp3) is 0.350. The van der Waals surface area contributed by atoms with Gasteiger partial charge in [-0.15, -0.1) is 0 Å². The van der Waals surface area contributed by atoms with Crippen molar-refractivity contribution >= 4 is 23.0 Å². The second-order valence-corrected chi connectivity index (χ2v) is 6.98. The van der Waals surface area contributed by atoms with E-state index in [2.05, 4.69) is 10.2 Å². The molecule has 0 unspecified atom stereocenters. The van der Waals surface area contributed by atoms with Crippen LogP contribution in [0.4, 0.5) is 18.9 Å². The predicted octanol–water partition coefficient (Wildman–Crippen LogP) is 3.88. The Labute approximate surface area is 173 Å². The second-order valence-electron chi connectivity index (χ2n) is 6.59. The first-order valence-corrected chi connectivity index (χ1v) is 9.38. The molecule has 1 aliphatic rings. The summed E-state index contributed by atoms with van der Waals surface area (Å²) in [6, 6.07) is 10.9. The molecule has 9 heteroatoms. The Balaban J connectivity index is 1.68. The van der Waals surface area contributed by atoms with Gasteiger partial charge in [0.15, 0.2) is 16.6 Å². The van der Waals surface area contributed by atoms with Crippen molar-refractivity contribution in [2.75, 3.05) is 39.0 Å². The van der Waals surface area contributed by atoms with E-state index in [0.717, 1.165) is 24.1 Å². The molecule has 0 aromatic heterocycles. The molecular formula is C20H22F3N3O2S. The largest absolute Gasteiger partial charge is 0.493 e. The summed E-state index contributed by atoms with van der Waals surface area (Å²) in [5.41, 5.74) is 0.787. The van der Waals surface area contributed by atoms with E-state index in [1.165, 1.54) is 6.07 Å². The fourth-order valence-corrected chi connectivity index (χ4v) is 3.34. The van der Waals surface area contributed by atoms with Crippen LogP contribution in [0.15, 0.2) is 42.5 Å². The van der Waals surface area contributed by atoms with Crippen LogP contribution in [0.2, 0.25) is 0 Å². The number of rotatable bonds is 6. The minimum atomic E-state index is -4.39. The van der Waals surface area contributed by atoms with Gasteiger partial charge in [-0.1, -0.05) is 12.1 Å². The molecule has 156 valence electrons. The number of nitrogens with one attached hydrogen (secondary N) is 1. The summed E-state index contributed by atoms with van der Waals surface area (Å²) in [4.78, 5) is 3.75. The summed E-state index contributed by atoms with van der Waals surface area (Å²) in [6.07, 6.45) is -3.65. The van der Waals surface area contributed by atoms with Crippen molar-refractivity contribution in [3.8, 4) is 11.5 Å². The summed E-state index contributed by atoms with van der Waals surface area (Å²) in [6.45, 7) is 1.63. The number of ether oxygens (including phenoxy) is 2. The third kappa shape index (κ3) is 5.10. The number of benzene rings is 2. The van der Waals surface area contributed by atoms with E-state index in [0.29, 0.717) is 42.2 Å². The van der Waals surface area contributed by atoms with E-state index < -0.39 is 11.7 Å². The van der Waals surface area contributed by atoms with Crippen LogP contribution in [0.1, 0.15) is 11.1 Å². The molecule has 0 atom stereocenters. The van der Waals surface area contributed by atoms with Crippen LogP contribution in [0.25, 0.3) is 0 Å². The first kappa shape index (κ1) is 21.2. The van der Waals surface area contributed by atoms with Crippen LogP contribution in [0.5, 0.6) is 11.5 Å². The van der Waals surface area contributed by atoms with E-state index in [9.17, 15) is 13.2 Å².